The van der Waals surface area contributed by atoms with E-state index in [-0.39, 0.29) is 5.56 Å². The van der Waals surface area contributed by atoms with Crippen LogP contribution in [0.3, 0.4) is 0 Å². The van der Waals surface area contributed by atoms with Crippen LogP contribution >= 0.6 is 0 Å². The van der Waals surface area contributed by atoms with E-state index < -0.39 is 0 Å². The van der Waals surface area contributed by atoms with Crippen LogP contribution in [-0.2, 0) is 0 Å². The Morgan fingerprint density at radius 3 is 2.94 bits per heavy atom. The van der Waals surface area contributed by atoms with Gasteiger partial charge in [0.1, 0.15) is 0 Å². The van der Waals surface area contributed by atoms with Gasteiger partial charge in [0, 0.05) is 13.6 Å². The Labute approximate surface area is 106 Å². The first kappa shape index (κ1) is 12.4. The van der Waals surface area contributed by atoms with Crippen LogP contribution in [0.4, 0.5) is 11.4 Å². The largest absolute Gasteiger partial charge is 0.397 e. The first-order chi connectivity index (χ1) is 8.63. The predicted octanol–water partition coefficient (Wildman–Crippen LogP) is 1.74. The monoisotopic (exact) mass is 246 g/mol. The predicted molar refractivity (Wildman–Crippen MR) is 75.0 cm³/mol. The third-order valence-electron chi connectivity index (χ3n) is 3.05. The van der Waals surface area contributed by atoms with Crippen molar-refractivity contribution in [3.05, 3.63) is 28.8 Å². The molecule has 0 spiro atoms. The number of nitrogens with two attached hydrogens (primary N) is 1. The zero-order valence-corrected chi connectivity index (χ0v) is 10.7. The van der Waals surface area contributed by atoms with Gasteiger partial charge in [0.25, 0.3) is 5.56 Å². The molecule has 5 heteroatoms. The summed E-state index contributed by atoms with van der Waals surface area (Å²) in [5, 5.41) is 0.530. The van der Waals surface area contributed by atoms with Crippen molar-refractivity contribution in [2.24, 2.45) is 0 Å². The molecule has 3 N–H and O–H groups in total. The van der Waals surface area contributed by atoms with E-state index in [1.165, 1.54) is 6.33 Å². The zero-order valence-electron chi connectivity index (χ0n) is 10.7. The molecule has 0 saturated heterocycles. The van der Waals surface area contributed by atoms with Crippen LogP contribution in [0.1, 0.15) is 19.8 Å². The van der Waals surface area contributed by atoms with E-state index in [9.17, 15) is 4.79 Å². The molecular formula is C13H18N4O. The molecule has 1 heterocycles. The van der Waals surface area contributed by atoms with Gasteiger partial charge >= 0.3 is 0 Å². The zero-order chi connectivity index (χ0) is 13.1. The number of hydrogen-bond acceptors (Lipinski definition) is 4. The number of nitrogen functional groups attached to an aromatic ring is 1. The molecule has 0 aliphatic rings. The molecule has 1 aromatic heterocycles. The van der Waals surface area contributed by atoms with Gasteiger partial charge in [0.2, 0.25) is 0 Å². The van der Waals surface area contributed by atoms with Crippen LogP contribution in [0.15, 0.2) is 23.3 Å². The molecule has 0 aliphatic carbocycles. The van der Waals surface area contributed by atoms with Crippen LogP contribution in [0.2, 0.25) is 0 Å². The Morgan fingerprint density at radius 1 is 1.44 bits per heavy atom. The summed E-state index contributed by atoms with van der Waals surface area (Å²) in [5.74, 6) is 0. The number of anilines is 2. The van der Waals surface area contributed by atoms with Crippen LogP contribution in [-0.4, -0.2) is 23.6 Å². The lowest BCUT2D eigenvalue weighted by Gasteiger charge is -2.21. The molecule has 0 aliphatic heterocycles. The van der Waals surface area contributed by atoms with Crippen LogP contribution < -0.4 is 16.2 Å². The summed E-state index contributed by atoms with van der Waals surface area (Å²) in [4.78, 5) is 20.4. The average molecular weight is 246 g/mol. The third-order valence-corrected chi connectivity index (χ3v) is 3.05. The van der Waals surface area contributed by atoms with E-state index in [0.29, 0.717) is 16.6 Å². The number of rotatable bonds is 4. The molecule has 2 rings (SSSR count). The summed E-state index contributed by atoms with van der Waals surface area (Å²) in [6.45, 7) is 3.09. The average Bonchev–Trinajstić information content (AvgIpc) is 2.36. The van der Waals surface area contributed by atoms with Crippen molar-refractivity contribution in [2.75, 3.05) is 24.2 Å². The number of H-pyrrole nitrogens is 1. The Morgan fingerprint density at radius 2 is 2.22 bits per heavy atom. The highest BCUT2D eigenvalue weighted by Gasteiger charge is 2.09. The van der Waals surface area contributed by atoms with Crippen molar-refractivity contribution in [2.45, 2.75) is 19.8 Å². The fraction of sp³-hybridized carbons (Fsp3) is 0.385. The third kappa shape index (κ3) is 2.30. The minimum Gasteiger partial charge on any atom is -0.397 e. The van der Waals surface area contributed by atoms with E-state index in [4.69, 9.17) is 5.73 Å². The van der Waals surface area contributed by atoms with Gasteiger partial charge in [-0.05, 0) is 18.6 Å². The second-order valence-corrected chi connectivity index (χ2v) is 4.43. The molecule has 0 amide bonds. The number of fused-ring (bicyclic) bond motifs is 1. The minimum atomic E-state index is -0.158. The number of benzene rings is 1. The lowest BCUT2D eigenvalue weighted by molar-refractivity contribution is 0.767. The number of hydrogen-bond donors (Lipinski definition) is 2. The van der Waals surface area contributed by atoms with E-state index in [2.05, 4.69) is 21.8 Å². The van der Waals surface area contributed by atoms with Crippen molar-refractivity contribution in [1.29, 1.82) is 0 Å². The highest BCUT2D eigenvalue weighted by atomic mass is 16.1. The number of aromatic amines is 1. The SMILES string of the molecule is CCCCN(C)c1cc2nc[nH]c(=O)c2cc1N. The van der Waals surface area contributed by atoms with Gasteiger partial charge in [0.05, 0.1) is 28.6 Å². The van der Waals surface area contributed by atoms with Crippen molar-refractivity contribution in [3.8, 4) is 0 Å². The molecule has 0 radical (unpaired) electrons. The molecular weight excluding hydrogens is 228 g/mol. The van der Waals surface area contributed by atoms with Crippen LogP contribution in [0.5, 0.6) is 0 Å². The lowest BCUT2D eigenvalue weighted by atomic mass is 10.1. The second-order valence-electron chi connectivity index (χ2n) is 4.43. The molecule has 2 aromatic rings. The van der Waals surface area contributed by atoms with Crippen molar-refractivity contribution in [1.82, 2.24) is 9.97 Å². The Hall–Kier alpha value is -2.04. The Bertz CT molecular complexity index is 605. The van der Waals surface area contributed by atoms with Gasteiger partial charge < -0.3 is 15.6 Å². The summed E-state index contributed by atoms with van der Waals surface area (Å²) >= 11 is 0. The van der Waals surface area contributed by atoms with Gasteiger partial charge in [0.15, 0.2) is 0 Å². The van der Waals surface area contributed by atoms with Gasteiger partial charge in [-0.1, -0.05) is 13.3 Å². The second kappa shape index (κ2) is 5.08. The van der Waals surface area contributed by atoms with Crippen molar-refractivity contribution >= 4 is 22.3 Å². The summed E-state index contributed by atoms with van der Waals surface area (Å²) in [6.07, 6.45) is 3.66. The molecule has 0 atom stereocenters. The molecule has 5 nitrogen and oxygen atoms in total. The molecule has 0 unspecified atom stereocenters. The number of unbranched alkanes of at least 4 members (excludes halogenated alkanes) is 1. The quantitative estimate of drug-likeness (QED) is 0.806. The molecule has 1 aromatic carbocycles. The van der Waals surface area contributed by atoms with Crippen LogP contribution in [0, 0.1) is 0 Å². The lowest BCUT2D eigenvalue weighted by Crippen LogP contribution is -2.20. The summed E-state index contributed by atoms with van der Waals surface area (Å²) in [6, 6.07) is 3.56. The fourth-order valence-corrected chi connectivity index (χ4v) is 1.97. The number of aromatic nitrogens is 2. The smallest absolute Gasteiger partial charge is 0.258 e. The maximum absolute atomic E-state index is 11.6. The van der Waals surface area contributed by atoms with E-state index in [1.807, 2.05) is 13.1 Å². The highest BCUT2D eigenvalue weighted by molar-refractivity contribution is 5.88. The summed E-state index contributed by atoms with van der Waals surface area (Å²) in [7, 11) is 2.00. The maximum Gasteiger partial charge on any atom is 0.258 e. The maximum atomic E-state index is 11.6. The molecule has 0 bridgehead atoms. The first-order valence-corrected chi connectivity index (χ1v) is 6.11. The standard InChI is InChI=1S/C13H18N4O/c1-3-4-5-17(2)12-7-11-9(6-10(12)14)13(18)16-8-15-11/h6-8H,3-5,14H2,1-2H3,(H,15,16,18). The first-order valence-electron chi connectivity index (χ1n) is 6.11. The number of nitrogens with one attached hydrogen (secondary N) is 1. The normalized spacial score (nSPS) is 10.8. The molecule has 18 heavy (non-hydrogen) atoms. The Kier molecular flexibility index (Phi) is 3.50. The molecule has 96 valence electrons. The summed E-state index contributed by atoms with van der Waals surface area (Å²) < 4.78 is 0. The minimum absolute atomic E-state index is 0.158. The van der Waals surface area contributed by atoms with Gasteiger partial charge in [-0.25, -0.2) is 4.98 Å². The van der Waals surface area contributed by atoms with Crippen molar-refractivity contribution in [3.63, 3.8) is 0 Å². The van der Waals surface area contributed by atoms with E-state index >= 15 is 0 Å². The van der Waals surface area contributed by atoms with Gasteiger partial charge in [-0.15, -0.1) is 0 Å². The van der Waals surface area contributed by atoms with Crippen molar-refractivity contribution < 1.29 is 0 Å². The Balaban J connectivity index is 2.46. The van der Waals surface area contributed by atoms with Gasteiger partial charge in [-0.3, -0.25) is 4.79 Å². The van der Waals surface area contributed by atoms with Crippen LogP contribution in [0.25, 0.3) is 10.9 Å². The molecule has 0 saturated carbocycles. The van der Waals surface area contributed by atoms with E-state index in [0.717, 1.165) is 25.1 Å². The molecule has 0 fully saturated rings. The van der Waals surface area contributed by atoms with Gasteiger partial charge in [-0.2, -0.15) is 0 Å². The summed E-state index contributed by atoms with van der Waals surface area (Å²) in [5.41, 5.74) is 8.06. The topological polar surface area (TPSA) is 75.0 Å². The highest BCUT2D eigenvalue weighted by Crippen LogP contribution is 2.26. The van der Waals surface area contributed by atoms with E-state index in [1.54, 1.807) is 6.07 Å². The number of nitrogens with zero attached hydrogens (tertiary/aromatic N) is 2. The fourth-order valence-electron chi connectivity index (χ4n) is 1.97.